The molecule has 186 valence electrons. The zero-order chi connectivity index (χ0) is 25.9. The Labute approximate surface area is 210 Å². The van der Waals surface area contributed by atoms with Gasteiger partial charge in [-0.1, -0.05) is 12.1 Å². The minimum Gasteiger partial charge on any atom is -0.496 e. The molecular weight excluding hydrogens is 486 g/mol. The van der Waals surface area contributed by atoms with Gasteiger partial charge in [0.1, 0.15) is 12.1 Å². The normalized spacial score (nSPS) is 11.6. The Morgan fingerprint density at radius 3 is 2.17 bits per heavy atom. The number of carbonyl (C=O) groups excluding carboxylic acids is 1. The number of rotatable bonds is 8. The first-order valence-corrected chi connectivity index (χ1v) is 12.9. The standard InChI is InChI=1S/C25H29N3O5S2/c1-16-17(2)24(25(29)28(5)33-7)34-23(16)19-10-13-22(32-6)21(14-19)18-8-11-20(12-9-18)35(30,31)26-15-27(3)4/h8-15H,1-7H3/b26-15-. The highest BCUT2D eigenvalue weighted by molar-refractivity contribution is 7.90. The molecule has 3 aromatic rings. The first kappa shape index (κ1) is 26.4. The third-order valence-corrected chi connectivity index (χ3v) is 8.21. The molecule has 0 aliphatic heterocycles. The molecule has 0 aliphatic rings. The molecule has 35 heavy (non-hydrogen) atoms. The maximum absolute atomic E-state index is 12.7. The summed E-state index contributed by atoms with van der Waals surface area (Å²) in [7, 11) is 4.23. The molecule has 0 aliphatic carbocycles. The van der Waals surface area contributed by atoms with E-state index in [1.54, 1.807) is 45.3 Å². The third kappa shape index (κ3) is 5.55. The van der Waals surface area contributed by atoms with E-state index in [1.807, 2.05) is 32.0 Å². The zero-order valence-electron chi connectivity index (χ0n) is 20.8. The molecule has 1 heterocycles. The summed E-state index contributed by atoms with van der Waals surface area (Å²) in [5.74, 6) is 0.447. The van der Waals surface area contributed by atoms with E-state index in [0.717, 1.165) is 32.7 Å². The fourth-order valence-corrected chi connectivity index (χ4v) is 5.59. The lowest BCUT2D eigenvalue weighted by Crippen LogP contribution is -2.25. The van der Waals surface area contributed by atoms with Crippen LogP contribution in [-0.2, 0) is 14.9 Å². The Morgan fingerprint density at radius 1 is 0.971 bits per heavy atom. The van der Waals surface area contributed by atoms with Gasteiger partial charge >= 0.3 is 0 Å². The smallest absolute Gasteiger partial charge is 0.287 e. The van der Waals surface area contributed by atoms with Crippen molar-refractivity contribution in [3.05, 3.63) is 58.5 Å². The first-order chi connectivity index (χ1) is 16.5. The molecule has 3 rings (SSSR count). The van der Waals surface area contributed by atoms with Crippen LogP contribution in [0, 0.1) is 13.8 Å². The van der Waals surface area contributed by atoms with Crippen LogP contribution in [0.15, 0.2) is 51.8 Å². The first-order valence-electron chi connectivity index (χ1n) is 10.7. The quantitative estimate of drug-likeness (QED) is 0.247. The second kappa shape index (κ2) is 10.6. The molecule has 2 aromatic carbocycles. The van der Waals surface area contributed by atoms with Crippen molar-refractivity contribution in [2.75, 3.05) is 35.4 Å². The predicted octanol–water partition coefficient (Wildman–Crippen LogP) is 4.62. The van der Waals surface area contributed by atoms with Crippen LogP contribution in [0.5, 0.6) is 5.75 Å². The van der Waals surface area contributed by atoms with Gasteiger partial charge in [-0.15, -0.1) is 15.7 Å². The van der Waals surface area contributed by atoms with E-state index in [2.05, 4.69) is 4.40 Å². The van der Waals surface area contributed by atoms with E-state index in [-0.39, 0.29) is 10.8 Å². The fraction of sp³-hybridized carbons (Fsp3) is 0.280. The molecule has 1 amide bonds. The number of methoxy groups -OCH3 is 1. The molecule has 0 radical (unpaired) electrons. The number of carbonyl (C=O) groups is 1. The summed E-state index contributed by atoms with van der Waals surface area (Å²) >= 11 is 1.41. The molecule has 0 saturated heterocycles. The largest absolute Gasteiger partial charge is 0.496 e. The van der Waals surface area contributed by atoms with Crippen LogP contribution in [0.4, 0.5) is 0 Å². The summed E-state index contributed by atoms with van der Waals surface area (Å²) in [4.78, 5) is 21.0. The van der Waals surface area contributed by atoms with E-state index in [0.29, 0.717) is 10.6 Å². The minimum atomic E-state index is -3.79. The minimum absolute atomic E-state index is 0.101. The maximum atomic E-state index is 12.7. The highest BCUT2D eigenvalue weighted by atomic mass is 32.2. The summed E-state index contributed by atoms with van der Waals surface area (Å²) in [6, 6.07) is 12.3. The van der Waals surface area contributed by atoms with Gasteiger partial charge in [0, 0.05) is 31.6 Å². The van der Waals surface area contributed by atoms with E-state index in [9.17, 15) is 13.2 Å². The van der Waals surface area contributed by atoms with E-state index in [1.165, 1.54) is 42.0 Å². The topological polar surface area (TPSA) is 88.5 Å². The second-order valence-corrected chi connectivity index (χ2v) is 10.7. The number of benzene rings is 2. The molecule has 0 fully saturated rings. The van der Waals surface area contributed by atoms with E-state index in [4.69, 9.17) is 9.57 Å². The summed E-state index contributed by atoms with van der Waals surface area (Å²) < 4.78 is 34.2. The number of hydrogen-bond donors (Lipinski definition) is 0. The average molecular weight is 516 g/mol. The van der Waals surface area contributed by atoms with Crippen molar-refractivity contribution in [1.82, 2.24) is 9.96 Å². The summed E-state index contributed by atoms with van der Waals surface area (Å²) in [5, 5.41) is 1.21. The Morgan fingerprint density at radius 2 is 1.60 bits per heavy atom. The maximum Gasteiger partial charge on any atom is 0.287 e. The summed E-state index contributed by atoms with van der Waals surface area (Å²) in [6.07, 6.45) is 1.25. The molecule has 0 saturated carbocycles. The van der Waals surface area contributed by atoms with Gasteiger partial charge in [0.25, 0.3) is 15.9 Å². The fourth-order valence-electron chi connectivity index (χ4n) is 3.40. The number of sulfonamides is 1. The van der Waals surface area contributed by atoms with Crippen LogP contribution >= 0.6 is 11.3 Å². The zero-order valence-corrected chi connectivity index (χ0v) is 22.5. The molecule has 0 unspecified atom stereocenters. The highest BCUT2D eigenvalue weighted by Crippen LogP contribution is 2.40. The van der Waals surface area contributed by atoms with Crippen molar-refractivity contribution in [2.45, 2.75) is 18.7 Å². The lowest BCUT2D eigenvalue weighted by Gasteiger charge is -2.12. The van der Waals surface area contributed by atoms with Crippen molar-refractivity contribution >= 4 is 33.6 Å². The predicted molar refractivity (Wildman–Crippen MR) is 140 cm³/mol. The average Bonchev–Trinajstić information content (AvgIpc) is 3.15. The Balaban J connectivity index is 2.04. The number of amides is 1. The number of thiophene rings is 1. The molecule has 0 N–H and O–H groups in total. The highest BCUT2D eigenvalue weighted by Gasteiger charge is 2.22. The third-order valence-electron chi connectivity index (χ3n) is 5.54. The van der Waals surface area contributed by atoms with Crippen molar-refractivity contribution in [1.29, 1.82) is 0 Å². The number of hydroxylamine groups is 2. The van der Waals surface area contributed by atoms with E-state index >= 15 is 0 Å². The molecular formula is C25H29N3O5S2. The van der Waals surface area contributed by atoms with Crippen LogP contribution in [0.25, 0.3) is 21.6 Å². The van der Waals surface area contributed by atoms with Gasteiger partial charge in [-0.2, -0.15) is 8.42 Å². The molecule has 10 heteroatoms. The van der Waals surface area contributed by atoms with Gasteiger partial charge in [0.2, 0.25) is 0 Å². The molecule has 1 aromatic heterocycles. The van der Waals surface area contributed by atoms with Gasteiger partial charge in [-0.3, -0.25) is 9.63 Å². The number of nitrogens with zero attached hydrogens (tertiary/aromatic N) is 3. The SMILES string of the molecule is COc1ccc(-c2sc(C(=O)N(C)OC)c(C)c2C)cc1-c1ccc(S(=O)(=O)/N=C\N(C)C)cc1. The lowest BCUT2D eigenvalue weighted by molar-refractivity contribution is -0.0754. The van der Waals surface area contributed by atoms with Gasteiger partial charge in [-0.25, -0.2) is 5.06 Å². The Kier molecular flexibility index (Phi) is 7.99. The van der Waals surface area contributed by atoms with Crippen molar-refractivity contribution in [2.24, 2.45) is 4.40 Å². The molecule has 0 bridgehead atoms. The number of hydrogen-bond acceptors (Lipinski definition) is 6. The van der Waals surface area contributed by atoms with E-state index < -0.39 is 10.0 Å². The summed E-state index contributed by atoms with van der Waals surface area (Å²) in [5.41, 5.74) is 4.44. The van der Waals surface area contributed by atoms with Gasteiger partial charge in [0.05, 0.1) is 24.0 Å². The second-order valence-electron chi connectivity index (χ2n) is 8.09. The van der Waals surface area contributed by atoms with Crippen LogP contribution in [-0.4, -0.2) is 66.0 Å². The van der Waals surface area contributed by atoms with Crippen LogP contribution < -0.4 is 4.74 Å². The molecule has 0 atom stereocenters. The van der Waals surface area contributed by atoms with Crippen molar-refractivity contribution in [3.8, 4) is 27.3 Å². The van der Waals surface area contributed by atoms with Crippen molar-refractivity contribution < 1.29 is 22.8 Å². The van der Waals surface area contributed by atoms with Gasteiger partial charge in [-0.05, 0) is 66.4 Å². The van der Waals surface area contributed by atoms with Crippen LogP contribution in [0.2, 0.25) is 0 Å². The Hall–Kier alpha value is -3.21. The number of ether oxygens (including phenoxy) is 1. The van der Waals surface area contributed by atoms with Gasteiger partial charge in [0.15, 0.2) is 0 Å². The van der Waals surface area contributed by atoms with Gasteiger partial charge < -0.3 is 9.64 Å². The van der Waals surface area contributed by atoms with Crippen LogP contribution in [0.1, 0.15) is 20.8 Å². The van der Waals surface area contributed by atoms with Crippen LogP contribution in [0.3, 0.4) is 0 Å². The summed E-state index contributed by atoms with van der Waals surface area (Å²) in [6.45, 7) is 3.91. The monoisotopic (exact) mass is 515 g/mol. The van der Waals surface area contributed by atoms with Crippen molar-refractivity contribution in [3.63, 3.8) is 0 Å². The molecule has 8 nitrogen and oxygen atoms in total. The Bertz CT molecular complexity index is 1360. The molecule has 0 spiro atoms. The lowest BCUT2D eigenvalue weighted by atomic mass is 9.99.